The number of hydrogen-bond acceptors (Lipinski definition) is 9. The van der Waals surface area contributed by atoms with Gasteiger partial charge in [-0.05, 0) is 127 Å². The van der Waals surface area contributed by atoms with Gasteiger partial charge >= 0.3 is 18.1 Å². The highest BCUT2D eigenvalue weighted by molar-refractivity contribution is 5.91. The third-order valence-corrected chi connectivity index (χ3v) is 10.6. The molecule has 0 bridgehead atoms. The Kier molecular flexibility index (Phi) is 12.0. The van der Waals surface area contributed by atoms with Crippen LogP contribution in [0.4, 0.5) is 4.79 Å². The highest BCUT2D eigenvalue weighted by atomic mass is 17.2. The van der Waals surface area contributed by atoms with Gasteiger partial charge in [0, 0.05) is 0 Å². The zero-order valence-corrected chi connectivity index (χ0v) is 30.3. The van der Waals surface area contributed by atoms with Gasteiger partial charge in [-0.15, -0.1) is 0 Å². The molecule has 0 aliphatic heterocycles. The summed E-state index contributed by atoms with van der Waals surface area (Å²) in [6.45, 7) is 19.8. The summed E-state index contributed by atoms with van der Waals surface area (Å²) in [7, 11) is 0. The Morgan fingerprint density at radius 3 is 1.35 bits per heavy atom. The first-order valence-corrected chi connectivity index (χ1v) is 17.3. The summed E-state index contributed by atoms with van der Waals surface area (Å²) >= 11 is 0. The van der Waals surface area contributed by atoms with Gasteiger partial charge in [-0.3, -0.25) is 9.78 Å². The van der Waals surface area contributed by atoms with Gasteiger partial charge in [0.05, 0.1) is 11.1 Å². The average Bonchev–Trinajstić information content (AvgIpc) is 2.99. The zero-order chi connectivity index (χ0) is 35.4. The van der Waals surface area contributed by atoms with Gasteiger partial charge in [0.2, 0.25) is 0 Å². The molecular weight excluding hydrogens is 612 g/mol. The van der Waals surface area contributed by atoms with Crippen molar-refractivity contribution in [1.82, 2.24) is 0 Å². The van der Waals surface area contributed by atoms with Gasteiger partial charge in [0.15, 0.2) is 0 Å². The van der Waals surface area contributed by atoms with Crippen LogP contribution in [-0.2, 0) is 29.0 Å². The Morgan fingerprint density at radius 2 is 1.02 bits per heavy atom. The monoisotopic (exact) mass is 666 g/mol. The van der Waals surface area contributed by atoms with E-state index < -0.39 is 41.5 Å². The maximum absolute atomic E-state index is 13.6. The number of carbonyl (C=O) groups is 3. The molecule has 4 rings (SSSR count). The number of rotatable bonds is 10. The summed E-state index contributed by atoms with van der Waals surface area (Å²) in [4.78, 5) is 62.0. The first kappa shape index (κ1) is 37.4. The van der Waals surface area contributed by atoms with Gasteiger partial charge in [-0.25, -0.2) is 14.4 Å². The van der Waals surface area contributed by atoms with Crippen molar-refractivity contribution in [3.05, 3.63) is 69.8 Å². The van der Waals surface area contributed by atoms with Gasteiger partial charge in [0.25, 0.3) is 0 Å². The van der Waals surface area contributed by atoms with Crippen LogP contribution < -0.4 is 0 Å². The lowest BCUT2D eigenvalue weighted by atomic mass is 9.73. The second-order valence-corrected chi connectivity index (χ2v) is 15.2. The van der Waals surface area contributed by atoms with Crippen molar-refractivity contribution >= 4 is 18.1 Å². The number of ether oxygens (including phenoxy) is 2. The Morgan fingerprint density at radius 1 is 0.646 bits per heavy atom. The van der Waals surface area contributed by atoms with E-state index in [4.69, 9.17) is 29.0 Å². The quantitative estimate of drug-likeness (QED) is 0.139. The maximum Gasteiger partial charge on any atom is 0.509 e. The third kappa shape index (κ3) is 8.97. The Balaban J connectivity index is 1.47. The molecule has 0 N–H and O–H groups in total. The fraction of sp³-hybridized carbons (Fsp3) is 0.615. The molecule has 0 spiro atoms. The summed E-state index contributed by atoms with van der Waals surface area (Å²) in [6.07, 6.45) is 1.37. The predicted octanol–water partition coefficient (Wildman–Crippen LogP) is 9.12. The number of benzene rings is 2. The van der Waals surface area contributed by atoms with Gasteiger partial charge in [-0.2, -0.15) is 9.78 Å². The number of aryl methyl sites for hydroxylation is 4. The Labute approximate surface area is 285 Å². The molecule has 2 saturated carbocycles. The van der Waals surface area contributed by atoms with Gasteiger partial charge < -0.3 is 9.47 Å². The van der Waals surface area contributed by atoms with Crippen molar-refractivity contribution in [2.75, 3.05) is 0 Å². The molecule has 2 aromatic carbocycles. The van der Waals surface area contributed by atoms with E-state index in [1.807, 2.05) is 52.0 Å². The second-order valence-electron chi connectivity index (χ2n) is 15.2. The van der Waals surface area contributed by atoms with Crippen molar-refractivity contribution < 1.29 is 43.4 Å². The van der Waals surface area contributed by atoms with E-state index in [1.54, 1.807) is 26.0 Å². The minimum atomic E-state index is -1.12. The molecule has 2 aliphatic rings. The molecule has 0 saturated heterocycles. The number of carbonyl (C=O) groups excluding carboxylic acids is 3. The SMILES string of the molecule is Cc1ccc(C(=O)OOC2CC(C(C)C)CCC2(C)OC(=O)OC2(C)CCC(C(C)C)CC2OOC(=O)c2ccc(C)cc2C)c(C)c1. The topological polar surface area (TPSA) is 107 Å². The van der Waals surface area contributed by atoms with Crippen LogP contribution in [-0.4, -0.2) is 41.5 Å². The normalized spacial score (nSPS) is 27.4. The largest absolute Gasteiger partial charge is 0.509 e. The molecule has 6 atom stereocenters. The van der Waals surface area contributed by atoms with Crippen LogP contribution in [0.2, 0.25) is 0 Å². The molecule has 48 heavy (non-hydrogen) atoms. The molecule has 9 heteroatoms. The molecule has 0 radical (unpaired) electrons. The molecule has 0 amide bonds. The first-order valence-electron chi connectivity index (χ1n) is 17.3. The molecular formula is C39H54O9. The van der Waals surface area contributed by atoms with E-state index in [1.165, 1.54) is 0 Å². The van der Waals surface area contributed by atoms with Gasteiger partial charge in [0.1, 0.15) is 23.4 Å². The highest BCUT2D eigenvalue weighted by Crippen LogP contribution is 2.43. The standard InChI is InChI=1S/C39H54O9/c1-23(2)29-15-17-38(9,33(21-29)45-47-35(40)31-13-11-25(5)19-27(31)7)43-37(42)44-39(10)18-16-30(24(3)4)22-34(39)46-48-36(41)32-14-12-26(6)20-28(32)8/h11-14,19-20,23-24,29-30,33-34H,15-18,21-22H2,1-10H3. The second kappa shape index (κ2) is 15.4. The maximum atomic E-state index is 13.6. The molecule has 264 valence electrons. The van der Waals surface area contributed by atoms with Crippen LogP contribution in [0.1, 0.15) is 123 Å². The highest BCUT2D eigenvalue weighted by Gasteiger charge is 2.50. The summed E-state index contributed by atoms with van der Waals surface area (Å²) in [5.41, 5.74) is 2.22. The molecule has 6 unspecified atom stereocenters. The van der Waals surface area contributed by atoms with E-state index in [2.05, 4.69) is 27.7 Å². The minimum absolute atomic E-state index is 0.288. The molecule has 2 fully saturated rings. The van der Waals surface area contributed by atoms with Crippen LogP contribution in [0, 0.1) is 51.4 Å². The third-order valence-electron chi connectivity index (χ3n) is 10.6. The summed E-state index contributed by atoms with van der Waals surface area (Å²) in [6, 6.07) is 10.9. The first-order chi connectivity index (χ1) is 22.5. The molecule has 0 aromatic heterocycles. The predicted molar refractivity (Wildman–Crippen MR) is 181 cm³/mol. The molecule has 0 heterocycles. The van der Waals surface area contributed by atoms with Gasteiger partial charge in [-0.1, -0.05) is 63.1 Å². The minimum Gasteiger partial charge on any atom is -0.425 e. The lowest BCUT2D eigenvalue weighted by Gasteiger charge is -2.45. The summed E-state index contributed by atoms with van der Waals surface area (Å²) in [5.74, 6) is 0.0961. The van der Waals surface area contributed by atoms with Crippen molar-refractivity contribution in [3.8, 4) is 0 Å². The lowest BCUT2D eigenvalue weighted by molar-refractivity contribution is -0.327. The average molecular weight is 667 g/mol. The summed E-state index contributed by atoms with van der Waals surface area (Å²) < 4.78 is 12.1. The van der Waals surface area contributed by atoms with Crippen molar-refractivity contribution in [3.63, 3.8) is 0 Å². The van der Waals surface area contributed by atoms with Crippen LogP contribution >= 0.6 is 0 Å². The van der Waals surface area contributed by atoms with E-state index in [-0.39, 0.29) is 11.8 Å². The van der Waals surface area contributed by atoms with E-state index in [0.29, 0.717) is 48.6 Å². The van der Waals surface area contributed by atoms with Crippen molar-refractivity contribution in [1.29, 1.82) is 0 Å². The van der Waals surface area contributed by atoms with Crippen LogP contribution in [0.15, 0.2) is 36.4 Å². The van der Waals surface area contributed by atoms with E-state index in [9.17, 15) is 14.4 Å². The van der Waals surface area contributed by atoms with Crippen LogP contribution in [0.25, 0.3) is 0 Å². The van der Waals surface area contributed by atoms with E-state index in [0.717, 1.165) is 35.1 Å². The summed E-state index contributed by atoms with van der Waals surface area (Å²) in [5, 5.41) is 0. The fourth-order valence-electron chi connectivity index (χ4n) is 7.06. The molecule has 2 aliphatic carbocycles. The molecule has 9 nitrogen and oxygen atoms in total. The lowest BCUT2D eigenvalue weighted by Crippen LogP contribution is -2.53. The van der Waals surface area contributed by atoms with Crippen molar-refractivity contribution in [2.45, 2.75) is 131 Å². The van der Waals surface area contributed by atoms with Crippen molar-refractivity contribution in [2.24, 2.45) is 23.7 Å². The zero-order valence-electron chi connectivity index (χ0n) is 30.3. The Hall–Kier alpha value is -3.43. The van der Waals surface area contributed by atoms with Crippen LogP contribution in [0.5, 0.6) is 0 Å². The number of hydrogen-bond donors (Lipinski definition) is 0. The smallest absolute Gasteiger partial charge is 0.425 e. The fourth-order valence-corrected chi connectivity index (χ4v) is 7.06. The molecule has 2 aromatic rings. The Bertz CT molecular complexity index is 1360. The van der Waals surface area contributed by atoms with Crippen LogP contribution in [0.3, 0.4) is 0 Å². The van der Waals surface area contributed by atoms with E-state index >= 15 is 0 Å².